The lowest BCUT2D eigenvalue weighted by Gasteiger charge is -2.25. The van der Waals surface area contributed by atoms with Crippen LogP contribution in [0.2, 0.25) is 0 Å². The Kier molecular flexibility index (Phi) is 6.18. The first-order valence-corrected chi connectivity index (χ1v) is 7.92. The van der Waals surface area contributed by atoms with E-state index < -0.39 is 0 Å². The highest BCUT2D eigenvalue weighted by Gasteiger charge is 2.17. The molecule has 24 heavy (non-hydrogen) atoms. The molecule has 0 fully saturated rings. The van der Waals surface area contributed by atoms with Crippen molar-refractivity contribution in [2.24, 2.45) is 0 Å². The van der Waals surface area contributed by atoms with Crippen LogP contribution in [0.5, 0.6) is 11.5 Å². The summed E-state index contributed by atoms with van der Waals surface area (Å²) in [6.45, 7) is 2.00. The zero-order chi connectivity index (χ0) is 17.5. The third-order valence-electron chi connectivity index (χ3n) is 4.18. The zero-order valence-corrected chi connectivity index (χ0v) is 14.7. The zero-order valence-electron chi connectivity index (χ0n) is 14.7. The monoisotopic (exact) mass is 328 g/mol. The van der Waals surface area contributed by atoms with Gasteiger partial charge in [0, 0.05) is 31.9 Å². The predicted octanol–water partition coefficient (Wildman–Crippen LogP) is 3.25. The number of aryl methyl sites for hydroxylation is 1. The van der Waals surface area contributed by atoms with Gasteiger partial charge < -0.3 is 14.4 Å². The number of pyridine rings is 1. The van der Waals surface area contributed by atoms with Crippen LogP contribution in [0.15, 0.2) is 42.7 Å². The van der Waals surface area contributed by atoms with Crippen molar-refractivity contribution in [3.05, 3.63) is 53.9 Å². The Morgan fingerprint density at radius 1 is 1.21 bits per heavy atom. The van der Waals surface area contributed by atoms with E-state index in [1.807, 2.05) is 44.3 Å². The molecule has 1 heterocycles. The van der Waals surface area contributed by atoms with E-state index in [2.05, 4.69) is 4.98 Å². The number of hydrogen-bond acceptors (Lipinski definition) is 4. The fourth-order valence-electron chi connectivity index (χ4n) is 2.50. The molecule has 0 saturated heterocycles. The Morgan fingerprint density at radius 2 is 1.88 bits per heavy atom. The molecule has 0 aliphatic rings. The minimum absolute atomic E-state index is 0.00829. The third kappa shape index (κ3) is 4.47. The van der Waals surface area contributed by atoms with Gasteiger partial charge in [-0.25, -0.2) is 0 Å². The molecule has 0 saturated carbocycles. The van der Waals surface area contributed by atoms with Gasteiger partial charge in [0.2, 0.25) is 5.91 Å². The quantitative estimate of drug-likeness (QED) is 0.783. The molecule has 0 N–H and O–H groups in total. The molecule has 0 aliphatic carbocycles. The molecule has 5 heteroatoms. The molecule has 1 amide bonds. The van der Waals surface area contributed by atoms with E-state index in [1.54, 1.807) is 31.5 Å². The molecule has 1 aromatic heterocycles. The summed E-state index contributed by atoms with van der Waals surface area (Å²) in [5.74, 6) is 1.55. The lowest BCUT2D eigenvalue weighted by Crippen LogP contribution is -2.29. The van der Waals surface area contributed by atoms with Crippen LogP contribution in [0, 0.1) is 0 Å². The van der Waals surface area contributed by atoms with Crippen LogP contribution < -0.4 is 9.47 Å². The first-order chi connectivity index (χ1) is 11.5. The van der Waals surface area contributed by atoms with Gasteiger partial charge in [-0.2, -0.15) is 0 Å². The van der Waals surface area contributed by atoms with Crippen molar-refractivity contribution in [3.63, 3.8) is 0 Å². The molecule has 1 unspecified atom stereocenters. The van der Waals surface area contributed by atoms with Gasteiger partial charge in [-0.15, -0.1) is 0 Å². The van der Waals surface area contributed by atoms with E-state index in [0.717, 1.165) is 22.6 Å². The molecule has 0 bridgehead atoms. The molecule has 2 aromatic rings. The van der Waals surface area contributed by atoms with Crippen molar-refractivity contribution < 1.29 is 14.3 Å². The smallest absolute Gasteiger partial charge is 0.223 e. The molecule has 0 aliphatic heterocycles. The molecule has 2 rings (SSSR count). The van der Waals surface area contributed by atoms with Gasteiger partial charge in [0.05, 0.1) is 20.3 Å². The summed E-state index contributed by atoms with van der Waals surface area (Å²) in [5, 5.41) is 0. The van der Waals surface area contributed by atoms with Crippen LogP contribution in [0.25, 0.3) is 0 Å². The second-order valence-corrected chi connectivity index (χ2v) is 5.69. The summed E-state index contributed by atoms with van der Waals surface area (Å²) in [6.07, 6.45) is 4.59. The Morgan fingerprint density at radius 3 is 2.42 bits per heavy atom. The second-order valence-electron chi connectivity index (χ2n) is 5.69. The lowest BCUT2D eigenvalue weighted by molar-refractivity contribution is -0.131. The molecule has 5 nitrogen and oxygen atoms in total. The van der Waals surface area contributed by atoms with Crippen LogP contribution in [-0.4, -0.2) is 37.1 Å². The van der Waals surface area contributed by atoms with Crippen molar-refractivity contribution in [1.82, 2.24) is 9.88 Å². The molecule has 128 valence electrons. The van der Waals surface area contributed by atoms with E-state index >= 15 is 0 Å². The fraction of sp³-hybridized carbons (Fsp3) is 0.368. The number of benzene rings is 1. The Hall–Kier alpha value is -2.56. The Labute approximate surface area is 143 Å². The molecule has 1 aromatic carbocycles. The van der Waals surface area contributed by atoms with Gasteiger partial charge >= 0.3 is 0 Å². The first kappa shape index (κ1) is 17.8. The van der Waals surface area contributed by atoms with Gasteiger partial charge in [0.1, 0.15) is 11.5 Å². The van der Waals surface area contributed by atoms with Gasteiger partial charge in [-0.05, 0) is 42.7 Å². The first-order valence-electron chi connectivity index (χ1n) is 7.92. The fourth-order valence-corrected chi connectivity index (χ4v) is 2.50. The largest absolute Gasteiger partial charge is 0.497 e. The summed E-state index contributed by atoms with van der Waals surface area (Å²) in [6, 6.07) is 9.54. The van der Waals surface area contributed by atoms with E-state index in [1.165, 1.54) is 0 Å². The summed E-state index contributed by atoms with van der Waals surface area (Å²) < 4.78 is 10.5. The van der Waals surface area contributed by atoms with Gasteiger partial charge in [-0.1, -0.05) is 6.07 Å². The third-order valence-corrected chi connectivity index (χ3v) is 4.18. The van der Waals surface area contributed by atoms with E-state index in [9.17, 15) is 4.79 Å². The van der Waals surface area contributed by atoms with Crippen LogP contribution in [-0.2, 0) is 11.2 Å². The van der Waals surface area contributed by atoms with Crippen LogP contribution in [0.1, 0.15) is 30.5 Å². The van der Waals surface area contributed by atoms with Gasteiger partial charge in [0.15, 0.2) is 0 Å². The number of amides is 1. The lowest BCUT2D eigenvalue weighted by atomic mass is 10.1. The average molecular weight is 328 g/mol. The summed E-state index contributed by atoms with van der Waals surface area (Å²) in [4.78, 5) is 18.4. The normalized spacial score (nSPS) is 11.7. The number of nitrogens with zero attached hydrogens (tertiary/aromatic N) is 2. The standard InChI is InChI=1S/C19H24N2O3/c1-14(16-6-5-9-20-13-16)21(2)19(22)8-7-15-10-17(23-3)12-18(11-15)24-4/h5-6,9-14H,7-8H2,1-4H3. The van der Waals surface area contributed by atoms with Crippen molar-refractivity contribution in [2.75, 3.05) is 21.3 Å². The van der Waals surface area contributed by atoms with Gasteiger partial charge in [-0.3, -0.25) is 9.78 Å². The number of aromatic nitrogens is 1. The van der Waals surface area contributed by atoms with Crippen LogP contribution in [0.4, 0.5) is 0 Å². The maximum Gasteiger partial charge on any atom is 0.223 e. The number of carbonyl (C=O) groups is 1. The number of hydrogen-bond donors (Lipinski definition) is 0. The maximum absolute atomic E-state index is 12.5. The number of carbonyl (C=O) groups excluding carboxylic acids is 1. The SMILES string of the molecule is COc1cc(CCC(=O)N(C)C(C)c2cccnc2)cc(OC)c1. The topological polar surface area (TPSA) is 51.7 Å². The van der Waals surface area contributed by atoms with Crippen LogP contribution >= 0.6 is 0 Å². The van der Waals surface area contributed by atoms with Crippen molar-refractivity contribution in [3.8, 4) is 11.5 Å². The molecular weight excluding hydrogens is 304 g/mol. The van der Waals surface area contributed by atoms with Crippen molar-refractivity contribution >= 4 is 5.91 Å². The summed E-state index contributed by atoms with van der Waals surface area (Å²) >= 11 is 0. The number of methoxy groups -OCH3 is 2. The van der Waals surface area contributed by atoms with E-state index in [0.29, 0.717) is 12.8 Å². The van der Waals surface area contributed by atoms with Gasteiger partial charge in [0.25, 0.3) is 0 Å². The molecular formula is C19H24N2O3. The Balaban J connectivity index is 2.00. The predicted molar refractivity (Wildman–Crippen MR) is 93.3 cm³/mol. The van der Waals surface area contributed by atoms with Crippen molar-refractivity contribution in [1.29, 1.82) is 0 Å². The van der Waals surface area contributed by atoms with E-state index in [-0.39, 0.29) is 11.9 Å². The Bertz CT molecular complexity index is 651. The number of rotatable bonds is 7. The average Bonchev–Trinajstić information content (AvgIpc) is 2.65. The highest BCUT2D eigenvalue weighted by Crippen LogP contribution is 2.24. The minimum atomic E-state index is -0.00829. The van der Waals surface area contributed by atoms with Crippen molar-refractivity contribution in [2.45, 2.75) is 25.8 Å². The molecule has 0 radical (unpaired) electrons. The maximum atomic E-state index is 12.5. The highest BCUT2D eigenvalue weighted by molar-refractivity contribution is 5.76. The summed E-state index contributed by atoms with van der Waals surface area (Å²) in [7, 11) is 5.06. The second kappa shape index (κ2) is 8.34. The molecule has 1 atom stereocenters. The highest BCUT2D eigenvalue weighted by atomic mass is 16.5. The molecule has 0 spiro atoms. The summed E-state index contributed by atoms with van der Waals surface area (Å²) in [5.41, 5.74) is 2.04. The van der Waals surface area contributed by atoms with Crippen LogP contribution in [0.3, 0.4) is 0 Å². The van der Waals surface area contributed by atoms with E-state index in [4.69, 9.17) is 9.47 Å². The number of ether oxygens (including phenoxy) is 2. The minimum Gasteiger partial charge on any atom is -0.497 e.